The monoisotopic (exact) mass is 312 g/mol. The average molecular weight is 313 g/mol. The molecule has 2 heterocycles. The number of fused-ring (bicyclic) bond motifs is 2. The van der Waals surface area contributed by atoms with Gasteiger partial charge in [-0.25, -0.2) is 0 Å². The van der Waals surface area contributed by atoms with Gasteiger partial charge in [0.2, 0.25) is 0 Å². The maximum atomic E-state index is 6.49. The highest BCUT2D eigenvalue weighted by Gasteiger charge is 2.15. The molecule has 4 aromatic rings. The van der Waals surface area contributed by atoms with Gasteiger partial charge in [0, 0.05) is 20.5 Å². The third-order valence-corrected chi connectivity index (χ3v) is 5.24. The summed E-state index contributed by atoms with van der Waals surface area (Å²) >= 11 is 8.26. The lowest BCUT2D eigenvalue weighted by Gasteiger charge is -2.04. The fourth-order valence-electron chi connectivity index (χ4n) is 2.79. The molecule has 0 N–H and O–H groups in total. The summed E-state index contributed by atoms with van der Waals surface area (Å²) in [6.07, 6.45) is 1.79. The fraction of sp³-hybridized carbons (Fsp3) is 0.111. The molecule has 4 rings (SSSR count). The molecule has 0 aliphatic heterocycles. The van der Waals surface area contributed by atoms with E-state index in [1.807, 2.05) is 12.1 Å². The van der Waals surface area contributed by atoms with Crippen LogP contribution < -0.4 is 0 Å². The summed E-state index contributed by atoms with van der Waals surface area (Å²) < 4.78 is 6.89. The summed E-state index contributed by atoms with van der Waals surface area (Å²) in [5.74, 6) is 0. The highest BCUT2D eigenvalue weighted by Crippen LogP contribution is 2.42. The number of rotatable bonds is 1. The molecule has 2 aromatic heterocycles. The van der Waals surface area contributed by atoms with Crippen LogP contribution in [-0.4, -0.2) is 0 Å². The summed E-state index contributed by atoms with van der Waals surface area (Å²) in [4.78, 5) is 1.19. The van der Waals surface area contributed by atoms with Gasteiger partial charge in [0.1, 0.15) is 5.58 Å². The SMILES string of the molecule is Cc1ccc2sc(-c3c(Cl)ccc4occ(C)c34)cc2c1. The van der Waals surface area contributed by atoms with Crippen LogP contribution in [0.1, 0.15) is 11.1 Å². The lowest BCUT2D eigenvalue weighted by Crippen LogP contribution is -1.79. The first-order valence-electron chi connectivity index (χ1n) is 6.80. The van der Waals surface area contributed by atoms with E-state index < -0.39 is 0 Å². The van der Waals surface area contributed by atoms with Crippen LogP contribution in [0.15, 0.2) is 47.1 Å². The number of aryl methyl sites for hydroxylation is 2. The van der Waals surface area contributed by atoms with Gasteiger partial charge in [-0.15, -0.1) is 11.3 Å². The molecule has 0 saturated carbocycles. The third kappa shape index (κ3) is 1.98. The zero-order valence-corrected chi connectivity index (χ0v) is 13.3. The predicted molar refractivity (Wildman–Crippen MR) is 91.5 cm³/mol. The summed E-state index contributed by atoms with van der Waals surface area (Å²) in [6.45, 7) is 4.17. The van der Waals surface area contributed by atoms with Crippen molar-refractivity contribution in [3.05, 3.63) is 58.8 Å². The summed E-state index contributed by atoms with van der Waals surface area (Å²) in [5, 5.41) is 3.16. The second-order valence-electron chi connectivity index (χ2n) is 5.37. The van der Waals surface area contributed by atoms with E-state index in [9.17, 15) is 0 Å². The molecule has 0 unspecified atom stereocenters. The van der Waals surface area contributed by atoms with Crippen LogP contribution in [0.5, 0.6) is 0 Å². The Balaban J connectivity index is 2.07. The maximum Gasteiger partial charge on any atom is 0.134 e. The molecule has 0 fully saturated rings. The average Bonchev–Trinajstić information content (AvgIpc) is 3.03. The Kier molecular flexibility index (Phi) is 2.84. The maximum absolute atomic E-state index is 6.49. The molecule has 0 atom stereocenters. The van der Waals surface area contributed by atoms with Crippen molar-refractivity contribution in [1.29, 1.82) is 0 Å². The van der Waals surface area contributed by atoms with E-state index in [0.29, 0.717) is 0 Å². The molecule has 0 spiro atoms. The van der Waals surface area contributed by atoms with Gasteiger partial charge < -0.3 is 4.42 Å². The number of benzene rings is 2. The molecule has 0 aliphatic rings. The minimum Gasteiger partial charge on any atom is -0.464 e. The van der Waals surface area contributed by atoms with Crippen LogP contribution in [0.3, 0.4) is 0 Å². The zero-order valence-electron chi connectivity index (χ0n) is 11.7. The molecule has 3 heteroatoms. The van der Waals surface area contributed by atoms with Crippen molar-refractivity contribution in [2.24, 2.45) is 0 Å². The lowest BCUT2D eigenvalue weighted by atomic mass is 10.0. The van der Waals surface area contributed by atoms with Crippen LogP contribution in [0.2, 0.25) is 5.02 Å². The van der Waals surface area contributed by atoms with Crippen LogP contribution in [0.4, 0.5) is 0 Å². The summed E-state index contributed by atoms with van der Waals surface area (Å²) in [5.41, 5.74) is 4.37. The molecular formula is C18H13ClOS. The first-order valence-corrected chi connectivity index (χ1v) is 8.00. The normalized spacial score (nSPS) is 11.6. The lowest BCUT2D eigenvalue weighted by molar-refractivity contribution is 0.613. The minimum absolute atomic E-state index is 0.773. The van der Waals surface area contributed by atoms with Crippen LogP contribution in [-0.2, 0) is 0 Å². The van der Waals surface area contributed by atoms with E-state index in [0.717, 1.165) is 27.1 Å². The number of halogens is 1. The molecule has 104 valence electrons. The van der Waals surface area contributed by atoms with Crippen molar-refractivity contribution in [3.63, 3.8) is 0 Å². The first-order chi connectivity index (χ1) is 10.1. The molecule has 0 amide bonds. The van der Waals surface area contributed by atoms with E-state index in [4.69, 9.17) is 16.0 Å². The Morgan fingerprint density at radius 3 is 2.76 bits per heavy atom. The quantitative estimate of drug-likeness (QED) is 0.386. The molecule has 21 heavy (non-hydrogen) atoms. The number of hydrogen-bond acceptors (Lipinski definition) is 2. The molecule has 1 nitrogen and oxygen atoms in total. The van der Waals surface area contributed by atoms with Crippen molar-refractivity contribution in [2.45, 2.75) is 13.8 Å². The van der Waals surface area contributed by atoms with Crippen molar-refractivity contribution in [2.75, 3.05) is 0 Å². The van der Waals surface area contributed by atoms with Crippen molar-refractivity contribution in [3.8, 4) is 10.4 Å². The Bertz CT molecular complexity index is 978. The van der Waals surface area contributed by atoms with Gasteiger partial charge in [0.05, 0.1) is 11.3 Å². The Hall–Kier alpha value is -1.77. The summed E-state index contributed by atoms with van der Waals surface area (Å²) in [7, 11) is 0. The van der Waals surface area contributed by atoms with Crippen molar-refractivity contribution >= 4 is 44.0 Å². The van der Waals surface area contributed by atoms with E-state index in [2.05, 4.69) is 38.1 Å². The standard InChI is InChI=1S/C18H13ClOS/c1-10-3-6-15-12(7-10)8-16(21-15)18-13(19)4-5-14-17(18)11(2)9-20-14/h3-9H,1-2H3. The highest BCUT2D eigenvalue weighted by atomic mass is 35.5. The van der Waals surface area contributed by atoms with Crippen LogP contribution in [0.25, 0.3) is 31.5 Å². The summed E-state index contributed by atoms with van der Waals surface area (Å²) in [6, 6.07) is 12.6. The van der Waals surface area contributed by atoms with Crippen LogP contribution >= 0.6 is 22.9 Å². The van der Waals surface area contributed by atoms with Gasteiger partial charge in [-0.1, -0.05) is 29.3 Å². The zero-order chi connectivity index (χ0) is 14.6. The Morgan fingerprint density at radius 1 is 1.05 bits per heavy atom. The van der Waals surface area contributed by atoms with E-state index >= 15 is 0 Å². The fourth-order valence-corrected chi connectivity index (χ4v) is 4.21. The van der Waals surface area contributed by atoms with Crippen LogP contribution in [0, 0.1) is 13.8 Å². The smallest absolute Gasteiger partial charge is 0.134 e. The number of hydrogen-bond donors (Lipinski definition) is 0. The second-order valence-corrected chi connectivity index (χ2v) is 6.86. The van der Waals surface area contributed by atoms with Gasteiger partial charge in [-0.05, 0) is 49.1 Å². The van der Waals surface area contributed by atoms with Gasteiger partial charge in [0.25, 0.3) is 0 Å². The number of furan rings is 1. The third-order valence-electron chi connectivity index (χ3n) is 3.79. The molecule has 0 bridgehead atoms. The van der Waals surface area contributed by atoms with Gasteiger partial charge in [-0.2, -0.15) is 0 Å². The highest BCUT2D eigenvalue weighted by molar-refractivity contribution is 7.22. The topological polar surface area (TPSA) is 13.1 Å². The number of thiophene rings is 1. The minimum atomic E-state index is 0.773. The van der Waals surface area contributed by atoms with Crippen molar-refractivity contribution in [1.82, 2.24) is 0 Å². The van der Waals surface area contributed by atoms with Gasteiger partial charge in [0.15, 0.2) is 0 Å². The largest absolute Gasteiger partial charge is 0.464 e. The second kappa shape index (κ2) is 4.62. The van der Waals surface area contributed by atoms with E-state index in [1.54, 1.807) is 17.6 Å². The van der Waals surface area contributed by atoms with Gasteiger partial charge in [-0.3, -0.25) is 0 Å². The Morgan fingerprint density at radius 2 is 1.90 bits per heavy atom. The van der Waals surface area contributed by atoms with Gasteiger partial charge >= 0.3 is 0 Å². The molecule has 0 saturated heterocycles. The molecule has 2 aromatic carbocycles. The van der Waals surface area contributed by atoms with E-state index in [1.165, 1.54) is 20.5 Å². The Labute approximate surface area is 131 Å². The first kappa shape index (κ1) is 12.9. The van der Waals surface area contributed by atoms with Crippen molar-refractivity contribution < 1.29 is 4.42 Å². The van der Waals surface area contributed by atoms with E-state index in [-0.39, 0.29) is 0 Å². The predicted octanol–water partition coefficient (Wildman–Crippen LogP) is 6.58. The molecule has 0 radical (unpaired) electrons. The molecular weight excluding hydrogens is 300 g/mol. The molecule has 0 aliphatic carbocycles.